The molecular formula is C16H27N7O3. The number of nitro groups is 1. The van der Waals surface area contributed by atoms with Crippen LogP contribution in [0.4, 0.5) is 11.4 Å². The lowest BCUT2D eigenvalue weighted by Crippen LogP contribution is -2.22. The number of anilines is 1. The van der Waals surface area contributed by atoms with E-state index in [0.717, 1.165) is 65.0 Å². The van der Waals surface area contributed by atoms with Crippen LogP contribution in [0.3, 0.4) is 0 Å². The highest BCUT2D eigenvalue weighted by atomic mass is 16.6. The molecule has 0 aliphatic carbocycles. The van der Waals surface area contributed by atoms with Gasteiger partial charge in [0, 0.05) is 12.6 Å². The number of hydrogen-bond acceptors (Lipinski definition) is 9. The van der Waals surface area contributed by atoms with Crippen LogP contribution in [0.15, 0.2) is 16.8 Å². The summed E-state index contributed by atoms with van der Waals surface area (Å²) < 4.78 is 4.64. The molecule has 0 aliphatic heterocycles. The van der Waals surface area contributed by atoms with E-state index in [9.17, 15) is 10.1 Å². The molecule has 2 aromatic rings. The summed E-state index contributed by atoms with van der Waals surface area (Å²) in [6.07, 6.45) is 4.24. The number of aromatic nitrogens is 2. The number of benzene rings is 1. The molecule has 0 bridgehead atoms. The molecule has 1 heterocycles. The van der Waals surface area contributed by atoms with Crippen LogP contribution < -0.4 is 21.7 Å². The first-order valence-electron chi connectivity index (χ1n) is 8.99. The average Bonchev–Trinajstić information content (AvgIpc) is 3.12. The Balaban J connectivity index is 1.58. The molecule has 26 heavy (non-hydrogen) atoms. The molecule has 2 rings (SSSR count). The highest BCUT2D eigenvalue weighted by Crippen LogP contribution is 2.28. The monoisotopic (exact) mass is 365 g/mol. The fourth-order valence-electron chi connectivity index (χ4n) is 2.56. The van der Waals surface area contributed by atoms with E-state index in [4.69, 9.17) is 5.73 Å². The van der Waals surface area contributed by atoms with Crippen molar-refractivity contribution in [3.8, 4) is 0 Å². The van der Waals surface area contributed by atoms with Crippen molar-refractivity contribution in [1.29, 1.82) is 0 Å². The standard InChI is InChI=1S/C16H27N7O3/c17-7-3-10-18-8-1-2-9-19-11-4-12-20-13-5-6-14(23(24)25)16-15(13)21-26-22-16/h5-6,18-20H,1-4,7-12,17H2. The third-order valence-electron chi connectivity index (χ3n) is 3.95. The molecule has 0 radical (unpaired) electrons. The number of non-ortho nitro benzene ring substituents is 1. The lowest BCUT2D eigenvalue weighted by molar-refractivity contribution is -0.383. The molecule has 0 saturated heterocycles. The van der Waals surface area contributed by atoms with Crippen LogP contribution in [0.25, 0.3) is 11.0 Å². The van der Waals surface area contributed by atoms with Crippen LogP contribution in [0.1, 0.15) is 25.7 Å². The largest absolute Gasteiger partial charge is 0.383 e. The van der Waals surface area contributed by atoms with Gasteiger partial charge in [-0.05, 0) is 74.8 Å². The maximum atomic E-state index is 11.0. The number of nitrogens with zero attached hydrogens (tertiary/aromatic N) is 3. The smallest absolute Gasteiger partial charge is 0.300 e. The highest BCUT2D eigenvalue weighted by molar-refractivity contribution is 5.93. The summed E-state index contributed by atoms with van der Waals surface area (Å²) >= 11 is 0. The van der Waals surface area contributed by atoms with Gasteiger partial charge < -0.3 is 21.7 Å². The van der Waals surface area contributed by atoms with Crippen LogP contribution in [-0.4, -0.2) is 54.5 Å². The number of nitrogens with two attached hydrogens (primary N) is 1. The van der Waals surface area contributed by atoms with E-state index in [1.165, 1.54) is 6.07 Å². The summed E-state index contributed by atoms with van der Waals surface area (Å²) in [5.41, 5.74) is 6.57. The van der Waals surface area contributed by atoms with Gasteiger partial charge in [0.2, 0.25) is 5.52 Å². The Morgan fingerprint density at radius 1 is 0.962 bits per heavy atom. The average molecular weight is 365 g/mol. The van der Waals surface area contributed by atoms with Gasteiger partial charge in [-0.25, -0.2) is 4.63 Å². The first kappa shape index (κ1) is 20.0. The zero-order valence-electron chi connectivity index (χ0n) is 14.9. The first-order chi connectivity index (χ1) is 12.7. The van der Waals surface area contributed by atoms with Gasteiger partial charge in [-0.15, -0.1) is 0 Å². The van der Waals surface area contributed by atoms with Crippen molar-refractivity contribution >= 4 is 22.4 Å². The van der Waals surface area contributed by atoms with Crippen LogP contribution in [0.5, 0.6) is 0 Å². The number of fused-ring (bicyclic) bond motifs is 1. The Bertz CT molecular complexity index is 677. The van der Waals surface area contributed by atoms with Crippen LogP contribution in [-0.2, 0) is 0 Å². The summed E-state index contributed by atoms with van der Waals surface area (Å²) in [5, 5.41) is 28.3. The van der Waals surface area contributed by atoms with Gasteiger partial charge in [-0.3, -0.25) is 10.1 Å². The van der Waals surface area contributed by atoms with E-state index in [1.54, 1.807) is 6.07 Å². The second-order valence-corrected chi connectivity index (χ2v) is 5.98. The number of unbranched alkanes of at least 4 members (excludes halogenated alkanes) is 1. The zero-order chi connectivity index (χ0) is 18.6. The van der Waals surface area contributed by atoms with E-state index in [1.807, 2.05) is 0 Å². The normalized spacial score (nSPS) is 11.1. The van der Waals surface area contributed by atoms with Crippen LogP contribution >= 0.6 is 0 Å². The van der Waals surface area contributed by atoms with Crippen molar-refractivity contribution in [3.05, 3.63) is 22.2 Å². The number of hydrogen-bond donors (Lipinski definition) is 4. The summed E-state index contributed by atoms with van der Waals surface area (Å²) in [7, 11) is 0. The van der Waals surface area contributed by atoms with E-state index in [0.29, 0.717) is 11.2 Å². The van der Waals surface area contributed by atoms with Crippen molar-refractivity contribution in [2.75, 3.05) is 44.6 Å². The van der Waals surface area contributed by atoms with E-state index in [-0.39, 0.29) is 11.2 Å². The van der Waals surface area contributed by atoms with E-state index < -0.39 is 4.92 Å². The maximum Gasteiger partial charge on any atom is 0.300 e. The molecule has 1 aromatic heterocycles. The van der Waals surface area contributed by atoms with Crippen molar-refractivity contribution in [2.45, 2.75) is 25.7 Å². The Morgan fingerprint density at radius 3 is 2.31 bits per heavy atom. The van der Waals surface area contributed by atoms with Crippen LogP contribution in [0, 0.1) is 10.1 Å². The molecule has 10 heteroatoms. The summed E-state index contributed by atoms with van der Waals surface area (Å²) in [4.78, 5) is 10.5. The minimum Gasteiger partial charge on any atom is -0.383 e. The molecule has 0 spiro atoms. The molecule has 0 saturated carbocycles. The van der Waals surface area contributed by atoms with Gasteiger partial charge in [0.1, 0.15) is 0 Å². The van der Waals surface area contributed by atoms with Crippen molar-refractivity contribution in [3.63, 3.8) is 0 Å². The van der Waals surface area contributed by atoms with Crippen molar-refractivity contribution in [2.24, 2.45) is 5.73 Å². The Labute approximate surface area is 152 Å². The van der Waals surface area contributed by atoms with E-state index >= 15 is 0 Å². The van der Waals surface area contributed by atoms with Gasteiger partial charge in [0.15, 0.2) is 5.52 Å². The number of nitro benzene ring substituents is 1. The fourth-order valence-corrected chi connectivity index (χ4v) is 2.56. The lowest BCUT2D eigenvalue weighted by Gasteiger charge is -2.08. The quantitative estimate of drug-likeness (QED) is 0.221. The SMILES string of the molecule is NCCCNCCCCNCCCNc1ccc([N+](=O)[O-])c2nonc12. The van der Waals surface area contributed by atoms with Gasteiger partial charge in [-0.1, -0.05) is 0 Å². The van der Waals surface area contributed by atoms with E-state index in [2.05, 4.69) is 30.9 Å². The molecule has 5 N–H and O–H groups in total. The van der Waals surface area contributed by atoms with Crippen molar-refractivity contribution in [1.82, 2.24) is 20.9 Å². The second-order valence-electron chi connectivity index (χ2n) is 5.98. The molecule has 144 valence electrons. The van der Waals surface area contributed by atoms with Gasteiger partial charge in [0.05, 0.1) is 10.6 Å². The minimum atomic E-state index is -0.492. The Hall–Kier alpha value is -2.30. The summed E-state index contributed by atoms with van der Waals surface area (Å²) in [6, 6.07) is 3.05. The molecule has 0 fully saturated rings. The summed E-state index contributed by atoms with van der Waals surface area (Å²) in [6.45, 7) is 5.39. The molecular weight excluding hydrogens is 338 g/mol. The lowest BCUT2D eigenvalue weighted by atomic mass is 10.2. The Morgan fingerprint density at radius 2 is 1.62 bits per heavy atom. The van der Waals surface area contributed by atoms with Gasteiger partial charge >= 0.3 is 5.69 Å². The number of rotatable bonds is 14. The second kappa shape index (κ2) is 11.3. The maximum absolute atomic E-state index is 11.0. The third-order valence-corrected chi connectivity index (χ3v) is 3.95. The predicted molar refractivity (Wildman–Crippen MR) is 100 cm³/mol. The Kier molecular flexibility index (Phi) is 8.73. The van der Waals surface area contributed by atoms with Crippen molar-refractivity contribution < 1.29 is 9.55 Å². The molecule has 1 aromatic carbocycles. The van der Waals surface area contributed by atoms with Gasteiger partial charge in [0.25, 0.3) is 0 Å². The van der Waals surface area contributed by atoms with Crippen LogP contribution in [0.2, 0.25) is 0 Å². The molecule has 10 nitrogen and oxygen atoms in total. The summed E-state index contributed by atoms with van der Waals surface area (Å²) in [5.74, 6) is 0. The zero-order valence-corrected chi connectivity index (χ0v) is 14.9. The number of nitrogens with one attached hydrogen (secondary N) is 3. The first-order valence-corrected chi connectivity index (χ1v) is 8.99. The predicted octanol–water partition coefficient (Wildman–Crippen LogP) is 1.24. The highest BCUT2D eigenvalue weighted by Gasteiger charge is 2.19. The van der Waals surface area contributed by atoms with Gasteiger partial charge in [-0.2, -0.15) is 0 Å². The third kappa shape index (κ3) is 6.21. The topological polar surface area (TPSA) is 144 Å². The molecule has 0 atom stereocenters. The fraction of sp³-hybridized carbons (Fsp3) is 0.625. The molecule has 0 amide bonds. The molecule has 0 unspecified atom stereocenters. The minimum absolute atomic E-state index is 0.106. The molecule has 0 aliphatic rings.